The maximum atomic E-state index is 13.4. The first-order valence-corrected chi connectivity index (χ1v) is 12.0. The molecule has 6 rings (SSSR count). The second-order valence-corrected chi connectivity index (χ2v) is 8.91. The highest BCUT2D eigenvalue weighted by atomic mass is 16.5. The SMILES string of the molecule is O=C(c1nc2nc(-c3cn[nH]c3)nc(N3CCOCC3)c2[nH]1)N1CCC(N2CCOCC2)CC1. The van der Waals surface area contributed by atoms with Crippen LogP contribution in [0.3, 0.4) is 0 Å². The summed E-state index contributed by atoms with van der Waals surface area (Å²) in [7, 11) is 0. The summed E-state index contributed by atoms with van der Waals surface area (Å²) in [5, 5.41) is 6.82. The fraction of sp³-hybridized carbons (Fsp3) is 0.591. The van der Waals surface area contributed by atoms with Crippen molar-refractivity contribution in [2.75, 3.05) is 70.6 Å². The molecule has 34 heavy (non-hydrogen) atoms. The fourth-order valence-electron chi connectivity index (χ4n) is 5.02. The highest BCUT2D eigenvalue weighted by Crippen LogP contribution is 2.27. The lowest BCUT2D eigenvalue weighted by Gasteiger charge is -2.39. The number of piperidine rings is 1. The number of carbonyl (C=O) groups is 1. The van der Waals surface area contributed by atoms with Crippen LogP contribution in [0.15, 0.2) is 12.4 Å². The van der Waals surface area contributed by atoms with Crippen molar-refractivity contribution in [1.82, 2.24) is 39.9 Å². The second kappa shape index (κ2) is 9.28. The van der Waals surface area contributed by atoms with E-state index in [1.54, 1.807) is 12.4 Å². The molecule has 12 heteroatoms. The minimum atomic E-state index is -0.0868. The summed E-state index contributed by atoms with van der Waals surface area (Å²) in [6.45, 7) is 7.68. The number of fused-ring (bicyclic) bond motifs is 1. The van der Waals surface area contributed by atoms with E-state index in [0.29, 0.717) is 55.2 Å². The van der Waals surface area contributed by atoms with E-state index >= 15 is 0 Å². The molecule has 180 valence electrons. The Bertz CT molecular complexity index is 1130. The lowest BCUT2D eigenvalue weighted by molar-refractivity contribution is 0.00147. The molecule has 1 amide bonds. The van der Waals surface area contributed by atoms with Gasteiger partial charge in [0, 0.05) is 51.5 Å². The number of aromatic nitrogens is 6. The van der Waals surface area contributed by atoms with E-state index in [0.717, 1.165) is 63.6 Å². The van der Waals surface area contributed by atoms with Gasteiger partial charge in [0.15, 0.2) is 23.1 Å². The number of imidazole rings is 1. The Morgan fingerprint density at radius 1 is 0.941 bits per heavy atom. The molecule has 2 N–H and O–H groups in total. The molecular weight excluding hydrogens is 438 g/mol. The number of anilines is 1. The van der Waals surface area contributed by atoms with E-state index in [1.807, 2.05) is 4.90 Å². The van der Waals surface area contributed by atoms with Crippen LogP contribution in [-0.4, -0.2) is 118 Å². The summed E-state index contributed by atoms with van der Waals surface area (Å²) in [6.07, 6.45) is 5.37. The largest absolute Gasteiger partial charge is 0.379 e. The summed E-state index contributed by atoms with van der Waals surface area (Å²) in [4.78, 5) is 37.2. The summed E-state index contributed by atoms with van der Waals surface area (Å²) >= 11 is 0. The number of H-pyrrole nitrogens is 2. The van der Waals surface area contributed by atoms with Gasteiger partial charge in [-0.2, -0.15) is 5.10 Å². The fourth-order valence-corrected chi connectivity index (χ4v) is 5.02. The van der Waals surface area contributed by atoms with Crippen molar-refractivity contribution in [2.45, 2.75) is 18.9 Å². The van der Waals surface area contributed by atoms with Crippen molar-refractivity contribution in [3.63, 3.8) is 0 Å². The lowest BCUT2D eigenvalue weighted by atomic mass is 10.0. The van der Waals surface area contributed by atoms with Crippen molar-refractivity contribution in [3.8, 4) is 11.4 Å². The molecule has 0 spiro atoms. The van der Waals surface area contributed by atoms with E-state index in [1.165, 1.54) is 0 Å². The van der Waals surface area contributed by atoms with E-state index in [4.69, 9.17) is 14.5 Å². The van der Waals surface area contributed by atoms with Gasteiger partial charge in [0.1, 0.15) is 5.52 Å². The summed E-state index contributed by atoms with van der Waals surface area (Å²) in [5.41, 5.74) is 1.94. The maximum absolute atomic E-state index is 13.4. The molecule has 3 aromatic heterocycles. The predicted octanol–water partition coefficient (Wildman–Crippen LogP) is 0.516. The van der Waals surface area contributed by atoms with Crippen LogP contribution in [-0.2, 0) is 9.47 Å². The zero-order valence-corrected chi connectivity index (χ0v) is 19.1. The van der Waals surface area contributed by atoms with Gasteiger partial charge in [-0.3, -0.25) is 14.8 Å². The van der Waals surface area contributed by atoms with Crippen LogP contribution in [0.25, 0.3) is 22.6 Å². The van der Waals surface area contributed by atoms with Crippen LogP contribution in [0.1, 0.15) is 23.5 Å². The Hall–Kier alpha value is -3.09. The van der Waals surface area contributed by atoms with Gasteiger partial charge in [0.2, 0.25) is 0 Å². The highest BCUT2D eigenvalue weighted by molar-refractivity contribution is 5.96. The van der Waals surface area contributed by atoms with Crippen LogP contribution in [0.5, 0.6) is 0 Å². The molecule has 0 aromatic carbocycles. The van der Waals surface area contributed by atoms with E-state index in [2.05, 4.69) is 34.9 Å². The molecule has 3 fully saturated rings. The van der Waals surface area contributed by atoms with Crippen molar-refractivity contribution < 1.29 is 14.3 Å². The molecule has 0 bridgehead atoms. The van der Waals surface area contributed by atoms with Gasteiger partial charge in [0.25, 0.3) is 5.91 Å². The van der Waals surface area contributed by atoms with Crippen LogP contribution in [0.2, 0.25) is 0 Å². The molecule has 0 radical (unpaired) electrons. The first kappa shape index (κ1) is 21.4. The second-order valence-electron chi connectivity index (χ2n) is 8.91. The summed E-state index contributed by atoms with van der Waals surface area (Å²) < 4.78 is 11.0. The Morgan fingerprint density at radius 2 is 1.68 bits per heavy atom. The van der Waals surface area contributed by atoms with Crippen LogP contribution in [0.4, 0.5) is 5.82 Å². The molecule has 3 saturated heterocycles. The third-order valence-corrected chi connectivity index (χ3v) is 6.92. The number of nitrogens with one attached hydrogen (secondary N) is 2. The Morgan fingerprint density at radius 3 is 2.38 bits per heavy atom. The van der Waals surface area contributed by atoms with Gasteiger partial charge < -0.3 is 24.3 Å². The number of ether oxygens (including phenoxy) is 2. The molecule has 0 aliphatic carbocycles. The molecule has 0 unspecified atom stereocenters. The van der Waals surface area contributed by atoms with E-state index in [-0.39, 0.29) is 5.91 Å². The molecular formula is C22H29N9O3. The highest BCUT2D eigenvalue weighted by Gasteiger charge is 2.30. The van der Waals surface area contributed by atoms with Gasteiger partial charge >= 0.3 is 0 Å². The average Bonchev–Trinajstić information content (AvgIpc) is 3.59. The number of hydrogen-bond acceptors (Lipinski definition) is 9. The zero-order chi connectivity index (χ0) is 22.9. The van der Waals surface area contributed by atoms with Gasteiger partial charge in [-0.15, -0.1) is 0 Å². The number of likely N-dealkylation sites (tertiary alicyclic amines) is 1. The van der Waals surface area contributed by atoms with Gasteiger partial charge in [-0.1, -0.05) is 0 Å². The number of carbonyl (C=O) groups excluding carboxylic acids is 1. The van der Waals surface area contributed by atoms with Crippen LogP contribution in [0, 0.1) is 0 Å². The van der Waals surface area contributed by atoms with Gasteiger partial charge in [-0.25, -0.2) is 15.0 Å². The van der Waals surface area contributed by atoms with Crippen molar-refractivity contribution in [3.05, 3.63) is 18.2 Å². The topological polar surface area (TPSA) is 128 Å². The third-order valence-electron chi connectivity index (χ3n) is 6.92. The zero-order valence-electron chi connectivity index (χ0n) is 19.1. The lowest BCUT2D eigenvalue weighted by Crippen LogP contribution is -2.50. The van der Waals surface area contributed by atoms with Crippen LogP contribution < -0.4 is 4.90 Å². The number of morpholine rings is 2. The first-order valence-electron chi connectivity index (χ1n) is 12.0. The molecule has 3 aliphatic heterocycles. The minimum absolute atomic E-state index is 0.0868. The molecule has 12 nitrogen and oxygen atoms in total. The monoisotopic (exact) mass is 467 g/mol. The smallest absolute Gasteiger partial charge is 0.289 e. The van der Waals surface area contributed by atoms with Crippen molar-refractivity contribution >= 4 is 22.9 Å². The first-order chi connectivity index (χ1) is 16.8. The number of rotatable bonds is 4. The molecule has 6 heterocycles. The molecule has 0 saturated carbocycles. The van der Waals surface area contributed by atoms with Gasteiger partial charge in [-0.05, 0) is 12.8 Å². The molecule has 3 aromatic rings. The average molecular weight is 468 g/mol. The predicted molar refractivity (Wildman–Crippen MR) is 124 cm³/mol. The number of amides is 1. The van der Waals surface area contributed by atoms with Crippen molar-refractivity contribution in [2.24, 2.45) is 0 Å². The Kier molecular flexibility index (Phi) is 5.85. The number of nitrogens with zero attached hydrogens (tertiary/aromatic N) is 7. The van der Waals surface area contributed by atoms with E-state index < -0.39 is 0 Å². The standard InChI is InChI=1S/C22H29N9O3/c32-22(31-3-1-16(2-4-31)29-5-9-33-10-6-29)20-25-17-19(27-20)26-18(15-13-23-24-14-15)28-21(17)30-7-11-34-12-8-30/h13-14,16H,1-12H2,(H,23,24)(H,25,26,27,28). The maximum Gasteiger partial charge on any atom is 0.289 e. The number of hydrogen-bond donors (Lipinski definition) is 2. The Labute approximate surface area is 196 Å². The quantitative estimate of drug-likeness (QED) is 0.564. The normalized spacial score (nSPS) is 20.8. The van der Waals surface area contributed by atoms with Crippen LogP contribution >= 0.6 is 0 Å². The Balaban J connectivity index is 1.25. The third kappa shape index (κ3) is 4.12. The summed E-state index contributed by atoms with van der Waals surface area (Å²) in [5.74, 6) is 1.49. The van der Waals surface area contributed by atoms with Gasteiger partial charge in [0.05, 0.1) is 38.2 Å². The minimum Gasteiger partial charge on any atom is -0.379 e. The van der Waals surface area contributed by atoms with Crippen molar-refractivity contribution in [1.29, 1.82) is 0 Å². The number of aromatic amines is 2. The molecule has 0 atom stereocenters. The molecule has 3 aliphatic rings. The van der Waals surface area contributed by atoms with E-state index in [9.17, 15) is 4.79 Å². The summed E-state index contributed by atoms with van der Waals surface area (Å²) in [6, 6.07) is 0.514.